The molecule has 1 heterocycles. The quantitative estimate of drug-likeness (QED) is 0.645. The minimum absolute atomic E-state index is 0.108. The molecule has 5 heteroatoms. The van der Waals surface area contributed by atoms with Crippen molar-refractivity contribution in [2.24, 2.45) is 5.73 Å². The van der Waals surface area contributed by atoms with Crippen molar-refractivity contribution in [2.45, 2.75) is 6.04 Å². The molecule has 1 aromatic heterocycles. The van der Waals surface area contributed by atoms with E-state index in [9.17, 15) is 8.78 Å². The van der Waals surface area contributed by atoms with Gasteiger partial charge >= 0.3 is 0 Å². The zero-order chi connectivity index (χ0) is 14.3. The molecule has 20 heavy (non-hydrogen) atoms. The molecule has 0 saturated carbocycles. The third kappa shape index (κ3) is 2.16. The van der Waals surface area contributed by atoms with Crippen LogP contribution in [0.2, 0.25) is 0 Å². The largest absolute Gasteiger partial charge is 0.320 e. The molecule has 0 radical (unpaired) electrons. The summed E-state index contributed by atoms with van der Waals surface area (Å²) in [6, 6.07) is 9.42. The van der Waals surface area contributed by atoms with Gasteiger partial charge in [0.1, 0.15) is 11.6 Å². The summed E-state index contributed by atoms with van der Waals surface area (Å²) in [4.78, 5) is 0. The van der Waals surface area contributed by atoms with Gasteiger partial charge in [-0.05, 0) is 50.5 Å². The van der Waals surface area contributed by atoms with Gasteiger partial charge in [0, 0.05) is 10.3 Å². The third-order valence-electron chi connectivity index (χ3n) is 3.24. The number of rotatable bonds is 2. The molecule has 0 spiro atoms. The van der Waals surface area contributed by atoms with Gasteiger partial charge in [0.05, 0.1) is 10.5 Å². The van der Waals surface area contributed by atoms with E-state index < -0.39 is 17.7 Å². The van der Waals surface area contributed by atoms with Gasteiger partial charge in [-0.25, -0.2) is 8.78 Å². The van der Waals surface area contributed by atoms with Crippen LogP contribution in [-0.4, -0.2) is 0 Å². The van der Waals surface area contributed by atoms with E-state index in [1.165, 1.54) is 23.5 Å². The number of fused-ring (bicyclic) bond motifs is 1. The molecule has 0 aliphatic heterocycles. The Kier molecular flexibility index (Phi) is 3.58. The summed E-state index contributed by atoms with van der Waals surface area (Å²) < 4.78 is 29.3. The number of thiophene rings is 1. The minimum atomic E-state index is -0.830. The number of nitrogens with two attached hydrogens (primary N) is 1. The molecule has 0 aliphatic rings. The first kappa shape index (κ1) is 13.7. The topological polar surface area (TPSA) is 26.0 Å². The lowest BCUT2D eigenvalue weighted by molar-refractivity contribution is 0.540. The van der Waals surface area contributed by atoms with E-state index in [0.717, 1.165) is 15.6 Å². The molecule has 1 atom stereocenters. The molecule has 1 nitrogen and oxygen atoms in total. The van der Waals surface area contributed by atoms with Crippen molar-refractivity contribution in [1.29, 1.82) is 0 Å². The first-order chi connectivity index (χ1) is 9.59. The van der Waals surface area contributed by atoms with E-state index in [-0.39, 0.29) is 10.0 Å². The summed E-state index contributed by atoms with van der Waals surface area (Å²) in [7, 11) is 0. The van der Waals surface area contributed by atoms with Gasteiger partial charge in [-0.15, -0.1) is 11.3 Å². The Bertz CT molecular complexity index is 785. The second kappa shape index (κ2) is 5.24. The zero-order valence-electron chi connectivity index (χ0n) is 10.2. The Morgan fingerprint density at radius 1 is 1.10 bits per heavy atom. The van der Waals surface area contributed by atoms with Gasteiger partial charge in [-0.3, -0.25) is 0 Å². The van der Waals surface area contributed by atoms with Crippen molar-refractivity contribution in [3.63, 3.8) is 0 Å². The van der Waals surface area contributed by atoms with E-state index >= 15 is 0 Å². The fourth-order valence-corrected chi connectivity index (χ4v) is 3.57. The van der Waals surface area contributed by atoms with E-state index in [2.05, 4.69) is 15.9 Å². The van der Waals surface area contributed by atoms with Crippen LogP contribution < -0.4 is 5.73 Å². The maximum Gasteiger partial charge on any atom is 0.145 e. The monoisotopic (exact) mass is 353 g/mol. The molecule has 2 aromatic carbocycles. The van der Waals surface area contributed by atoms with Crippen molar-refractivity contribution >= 4 is 37.4 Å². The van der Waals surface area contributed by atoms with Crippen molar-refractivity contribution in [3.05, 3.63) is 69.0 Å². The molecule has 3 aromatic rings. The molecule has 0 fully saturated rings. The highest BCUT2D eigenvalue weighted by Crippen LogP contribution is 2.35. The van der Waals surface area contributed by atoms with Crippen LogP contribution in [0, 0.1) is 11.6 Å². The van der Waals surface area contributed by atoms with Crippen molar-refractivity contribution in [2.75, 3.05) is 0 Å². The standard InChI is InChI=1S/C15H10BrF2NS/c16-10-5-6-11(17)13(14(10)18)15(19)9-7-20-12-4-2-1-3-8(9)12/h1-7,15H,19H2. The highest BCUT2D eigenvalue weighted by molar-refractivity contribution is 9.10. The summed E-state index contributed by atoms with van der Waals surface area (Å²) in [5.41, 5.74) is 6.73. The molecule has 102 valence electrons. The highest BCUT2D eigenvalue weighted by Gasteiger charge is 2.22. The van der Waals surface area contributed by atoms with Crippen LogP contribution in [0.1, 0.15) is 17.2 Å². The third-order valence-corrected chi connectivity index (χ3v) is 4.83. The van der Waals surface area contributed by atoms with Crippen LogP contribution >= 0.6 is 27.3 Å². The average molecular weight is 354 g/mol. The lowest BCUT2D eigenvalue weighted by Crippen LogP contribution is -2.15. The molecule has 3 rings (SSSR count). The summed E-state index contributed by atoms with van der Waals surface area (Å²) in [5, 5.41) is 2.79. The lowest BCUT2D eigenvalue weighted by Gasteiger charge is -2.14. The first-order valence-corrected chi connectivity index (χ1v) is 7.62. The smallest absolute Gasteiger partial charge is 0.145 e. The average Bonchev–Trinajstić information content (AvgIpc) is 2.87. The van der Waals surface area contributed by atoms with Gasteiger partial charge < -0.3 is 5.73 Å². The number of halogens is 3. The fraction of sp³-hybridized carbons (Fsp3) is 0.0667. The van der Waals surface area contributed by atoms with Crippen molar-refractivity contribution in [3.8, 4) is 0 Å². The van der Waals surface area contributed by atoms with E-state index in [1.807, 2.05) is 29.6 Å². The SMILES string of the molecule is NC(c1c(F)ccc(Br)c1F)c1csc2ccccc12. The Hall–Kier alpha value is -1.30. The van der Waals surface area contributed by atoms with Gasteiger partial charge in [0.2, 0.25) is 0 Å². The minimum Gasteiger partial charge on any atom is -0.320 e. The predicted octanol–water partition coefficient (Wildman–Crippen LogP) is 4.99. The number of hydrogen-bond donors (Lipinski definition) is 1. The fourth-order valence-electron chi connectivity index (χ4n) is 2.22. The second-order valence-electron chi connectivity index (χ2n) is 4.42. The van der Waals surface area contributed by atoms with Crippen molar-refractivity contribution in [1.82, 2.24) is 0 Å². The molecule has 0 amide bonds. The highest BCUT2D eigenvalue weighted by atomic mass is 79.9. The van der Waals surface area contributed by atoms with Crippen molar-refractivity contribution < 1.29 is 8.78 Å². The van der Waals surface area contributed by atoms with Crippen LogP contribution in [0.5, 0.6) is 0 Å². The Morgan fingerprint density at radius 3 is 2.65 bits per heavy atom. The Balaban J connectivity index is 2.18. The second-order valence-corrected chi connectivity index (χ2v) is 6.19. The van der Waals surface area contributed by atoms with Gasteiger partial charge in [-0.2, -0.15) is 0 Å². The molecule has 2 N–H and O–H groups in total. The summed E-state index contributed by atoms with van der Waals surface area (Å²) in [5.74, 6) is -1.28. The predicted molar refractivity (Wildman–Crippen MR) is 81.9 cm³/mol. The molecular formula is C15H10BrF2NS. The Labute approximate surface area is 127 Å². The summed E-state index contributed by atoms with van der Waals surface area (Å²) >= 11 is 4.58. The Morgan fingerprint density at radius 2 is 1.85 bits per heavy atom. The van der Waals surface area contributed by atoms with E-state index in [0.29, 0.717) is 0 Å². The first-order valence-electron chi connectivity index (χ1n) is 5.94. The molecule has 0 aliphatic carbocycles. The van der Waals surface area contributed by atoms with Crippen LogP contribution in [-0.2, 0) is 0 Å². The van der Waals surface area contributed by atoms with E-state index in [1.54, 1.807) is 0 Å². The number of benzene rings is 2. The molecule has 1 unspecified atom stereocenters. The van der Waals surface area contributed by atoms with Crippen LogP contribution in [0.4, 0.5) is 8.78 Å². The van der Waals surface area contributed by atoms with Gasteiger partial charge in [-0.1, -0.05) is 18.2 Å². The summed E-state index contributed by atoms with van der Waals surface area (Å²) in [6.45, 7) is 0. The number of hydrogen-bond acceptors (Lipinski definition) is 2. The van der Waals surface area contributed by atoms with Crippen LogP contribution in [0.15, 0.2) is 46.3 Å². The maximum atomic E-state index is 14.1. The molecule has 0 bridgehead atoms. The summed E-state index contributed by atoms with van der Waals surface area (Å²) in [6.07, 6.45) is 0. The van der Waals surface area contributed by atoms with Crippen LogP contribution in [0.3, 0.4) is 0 Å². The van der Waals surface area contributed by atoms with E-state index in [4.69, 9.17) is 5.73 Å². The maximum absolute atomic E-state index is 14.1. The zero-order valence-corrected chi connectivity index (χ0v) is 12.6. The van der Waals surface area contributed by atoms with Gasteiger partial charge in [0.15, 0.2) is 0 Å². The molecule has 0 saturated heterocycles. The lowest BCUT2D eigenvalue weighted by atomic mass is 9.98. The van der Waals surface area contributed by atoms with Crippen LogP contribution in [0.25, 0.3) is 10.1 Å². The normalized spacial score (nSPS) is 12.8. The molecular weight excluding hydrogens is 344 g/mol. The van der Waals surface area contributed by atoms with Gasteiger partial charge in [0.25, 0.3) is 0 Å².